The van der Waals surface area contributed by atoms with Crippen molar-refractivity contribution < 1.29 is 47.8 Å². The van der Waals surface area contributed by atoms with Crippen molar-refractivity contribution in [2.24, 2.45) is 0 Å². The normalized spacial score (nSPS) is 14.5. The average molecular weight is 1160 g/mol. The summed E-state index contributed by atoms with van der Waals surface area (Å²) in [6, 6.07) is -2.53. The molecule has 0 radical (unpaired) electrons. The van der Waals surface area contributed by atoms with Crippen molar-refractivity contribution in [1.82, 2.24) is 52.3 Å². The van der Waals surface area contributed by atoms with Crippen LogP contribution in [0.5, 0.6) is 0 Å². The summed E-state index contributed by atoms with van der Waals surface area (Å²) in [6.07, 6.45) is 24.2. The van der Waals surface area contributed by atoms with Crippen LogP contribution in [0.15, 0.2) is 12.2 Å². The van der Waals surface area contributed by atoms with Crippen molar-refractivity contribution in [3.8, 4) is 0 Å². The van der Waals surface area contributed by atoms with E-state index in [0.29, 0.717) is 70.9 Å². The molecule has 8 N–H and O–H groups in total. The second kappa shape index (κ2) is 44.8. The lowest BCUT2D eigenvalue weighted by Gasteiger charge is -2.34. The van der Waals surface area contributed by atoms with E-state index in [2.05, 4.69) is 71.4 Å². The monoisotopic (exact) mass is 1160 g/mol. The lowest BCUT2D eigenvalue weighted by Crippen LogP contribution is -2.49. The van der Waals surface area contributed by atoms with Gasteiger partial charge in [0, 0.05) is 58.8 Å². The molecule has 0 aromatic carbocycles. The van der Waals surface area contributed by atoms with E-state index in [1.165, 1.54) is 44.9 Å². The van der Waals surface area contributed by atoms with Gasteiger partial charge in [0.2, 0.25) is 23.6 Å². The Kier molecular flexibility index (Phi) is 41.1. The number of nitrogens with zero attached hydrogens (tertiary/aromatic N) is 2. The Hall–Kier alpha value is -4.69. The summed E-state index contributed by atoms with van der Waals surface area (Å²) in [7, 11) is 1.98. The van der Waals surface area contributed by atoms with E-state index in [9.17, 15) is 33.6 Å². The molecule has 1 aliphatic heterocycles. The number of amides is 7. The van der Waals surface area contributed by atoms with Gasteiger partial charge in [-0.15, -0.1) is 0 Å². The zero-order chi connectivity index (χ0) is 61.1. The average Bonchev–Trinajstić information content (AvgIpc) is 3.38. The number of piperazine rings is 1. The van der Waals surface area contributed by atoms with Crippen LogP contribution in [-0.4, -0.2) is 166 Å². The number of hydrogen-bond acceptors (Lipinski definition) is 13. The second-order valence-corrected chi connectivity index (χ2v) is 25.1. The van der Waals surface area contributed by atoms with Crippen molar-refractivity contribution in [1.29, 1.82) is 0 Å². The van der Waals surface area contributed by atoms with Gasteiger partial charge >= 0.3 is 18.3 Å². The minimum absolute atomic E-state index is 0.131. The van der Waals surface area contributed by atoms with Gasteiger partial charge < -0.3 is 66.5 Å². The van der Waals surface area contributed by atoms with E-state index < -0.39 is 65.0 Å². The van der Waals surface area contributed by atoms with Crippen LogP contribution in [0.4, 0.5) is 14.4 Å². The number of carbonyl (C=O) groups excluding carboxylic acids is 7. The fourth-order valence-corrected chi connectivity index (χ4v) is 9.28. The van der Waals surface area contributed by atoms with Gasteiger partial charge in [0.05, 0.1) is 0 Å². The zero-order valence-electron chi connectivity index (χ0n) is 53.3. The first kappa shape index (κ1) is 75.3. The molecule has 0 spiro atoms. The standard InChI is InChI=1S/C62H118N10O10/c1-12-13-14-15-16-17-18-19-20-21-22-23-24-25-26-38-53(73)68-50(54(74)66-43-34-45-72-48-46-71(47-49-72)44-33-39-63-11)35-27-30-40-64-55(75)51(69-58(78)81-61(5,6)7)36-28-31-41-65-56(76)52(70-59(79)82-62(8,9)10)37-29-32-42-67-57(77)80-60(2,3)4/h19-20,50-52,63H,12-18,21-49H2,1-11H3,(H,64,75)(H,65,76)(H,66,74)(H,67,77)(H,68,73)(H,69,78)(H,70,79)/b20-19-. The lowest BCUT2D eigenvalue weighted by atomic mass is 10.1. The number of hydrogen-bond donors (Lipinski definition) is 8. The number of alkyl carbamates (subject to hydrolysis) is 3. The highest BCUT2D eigenvalue weighted by atomic mass is 16.6. The first-order valence-corrected chi connectivity index (χ1v) is 31.7. The van der Waals surface area contributed by atoms with Crippen LogP contribution >= 0.6 is 0 Å². The summed E-state index contributed by atoms with van der Waals surface area (Å²) in [5, 5.41) is 23.3. The van der Waals surface area contributed by atoms with Crippen LogP contribution in [0.3, 0.4) is 0 Å². The minimum Gasteiger partial charge on any atom is -0.444 e. The quantitative estimate of drug-likeness (QED) is 0.0161. The van der Waals surface area contributed by atoms with Crippen LogP contribution in [0.2, 0.25) is 0 Å². The lowest BCUT2D eigenvalue weighted by molar-refractivity contribution is -0.129. The molecular weight excluding hydrogens is 1040 g/mol. The van der Waals surface area contributed by atoms with E-state index >= 15 is 0 Å². The first-order valence-electron chi connectivity index (χ1n) is 31.7. The Morgan fingerprint density at radius 1 is 0.415 bits per heavy atom. The van der Waals surface area contributed by atoms with Crippen LogP contribution in [0.1, 0.15) is 230 Å². The van der Waals surface area contributed by atoms with Crippen LogP contribution in [0.25, 0.3) is 0 Å². The number of ether oxygens (including phenoxy) is 3. The predicted molar refractivity (Wildman–Crippen MR) is 329 cm³/mol. The van der Waals surface area contributed by atoms with Gasteiger partial charge in [0.25, 0.3) is 0 Å². The Labute approximate surface area is 496 Å². The molecule has 1 aliphatic rings. The third kappa shape index (κ3) is 43.9. The Morgan fingerprint density at radius 3 is 1.18 bits per heavy atom. The Morgan fingerprint density at radius 2 is 0.768 bits per heavy atom. The van der Waals surface area contributed by atoms with Gasteiger partial charge in [0.15, 0.2) is 0 Å². The predicted octanol–water partition coefficient (Wildman–Crippen LogP) is 9.30. The maximum absolute atomic E-state index is 13.7. The molecule has 7 amide bonds. The highest BCUT2D eigenvalue weighted by molar-refractivity contribution is 5.88. The molecule has 82 heavy (non-hydrogen) atoms. The number of carbonyl (C=O) groups is 7. The highest BCUT2D eigenvalue weighted by Gasteiger charge is 2.27. The smallest absolute Gasteiger partial charge is 0.408 e. The molecule has 476 valence electrons. The molecule has 20 heteroatoms. The molecule has 3 unspecified atom stereocenters. The first-order chi connectivity index (χ1) is 38.9. The van der Waals surface area contributed by atoms with Crippen molar-refractivity contribution in [3.63, 3.8) is 0 Å². The summed E-state index contributed by atoms with van der Waals surface area (Å²) in [4.78, 5) is 96.6. The Balaban J connectivity index is 2.80. The number of unbranched alkanes of at least 4 members (excludes halogenated alkanes) is 14. The van der Waals surface area contributed by atoms with Crippen molar-refractivity contribution in [2.45, 2.75) is 265 Å². The van der Waals surface area contributed by atoms with Gasteiger partial charge in [-0.1, -0.05) is 70.4 Å². The van der Waals surface area contributed by atoms with Gasteiger partial charge in [0.1, 0.15) is 34.9 Å². The topological polar surface area (TPSA) is 250 Å². The third-order valence-electron chi connectivity index (χ3n) is 13.7. The van der Waals surface area contributed by atoms with Gasteiger partial charge in [-0.05, 0) is 192 Å². The van der Waals surface area contributed by atoms with Crippen molar-refractivity contribution in [3.05, 3.63) is 12.2 Å². The van der Waals surface area contributed by atoms with E-state index in [1.54, 1.807) is 62.3 Å². The third-order valence-corrected chi connectivity index (χ3v) is 13.7. The molecule has 0 saturated carbocycles. The second-order valence-electron chi connectivity index (χ2n) is 25.1. The molecule has 1 saturated heterocycles. The molecule has 20 nitrogen and oxygen atoms in total. The number of rotatable bonds is 44. The molecule has 0 bridgehead atoms. The highest BCUT2D eigenvalue weighted by Crippen LogP contribution is 2.14. The summed E-state index contributed by atoms with van der Waals surface area (Å²) >= 11 is 0. The molecule has 1 rings (SSSR count). The van der Waals surface area contributed by atoms with Crippen LogP contribution < -0.4 is 42.5 Å². The number of allylic oxidation sites excluding steroid dienone is 2. The fraction of sp³-hybridized carbons (Fsp3) is 0.855. The molecule has 1 fully saturated rings. The van der Waals surface area contributed by atoms with E-state index in [1.807, 2.05) is 7.05 Å². The zero-order valence-corrected chi connectivity index (χ0v) is 53.3. The molecule has 3 atom stereocenters. The molecular formula is C62H118N10O10. The van der Waals surface area contributed by atoms with E-state index in [-0.39, 0.29) is 31.3 Å². The van der Waals surface area contributed by atoms with Crippen molar-refractivity contribution in [2.75, 3.05) is 79.0 Å². The van der Waals surface area contributed by atoms with Gasteiger partial charge in [-0.3, -0.25) is 19.2 Å². The maximum Gasteiger partial charge on any atom is 0.408 e. The molecule has 0 aromatic rings. The SMILES string of the molecule is CCCCCCCC/C=C\CCCCCCCC(=O)NC(CCCCNC(=O)C(CCCCNC(=O)C(CCCCNC(=O)OC(C)(C)C)NC(=O)OC(C)(C)C)NC(=O)OC(C)(C)C)C(=O)NCCCN1CCN(CCCNC)CC1. The summed E-state index contributed by atoms with van der Waals surface area (Å²) in [6.45, 7) is 26.5. The maximum atomic E-state index is 13.7. The van der Waals surface area contributed by atoms with Crippen LogP contribution in [0, 0.1) is 0 Å². The largest absolute Gasteiger partial charge is 0.444 e. The molecule has 0 aliphatic carbocycles. The van der Waals surface area contributed by atoms with E-state index in [0.717, 1.165) is 97.2 Å². The summed E-state index contributed by atoms with van der Waals surface area (Å²) in [5.41, 5.74) is -2.20. The van der Waals surface area contributed by atoms with Gasteiger partial charge in [-0.2, -0.15) is 0 Å². The van der Waals surface area contributed by atoms with Crippen LogP contribution in [-0.2, 0) is 33.4 Å². The van der Waals surface area contributed by atoms with Crippen molar-refractivity contribution >= 4 is 41.9 Å². The van der Waals surface area contributed by atoms with E-state index in [4.69, 9.17) is 14.2 Å². The molecule has 0 aromatic heterocycles. The fourth-order valence-electron chi connectivity index (χ4n) is 9.28. The number of nitrogens with one attached hydrogen (secondary N) is 8. The summed E-state index contributed by atoms with van der Waals surface area (Å²) < 4.78 is 16.2. The molecule has 1 heterocycles. The summed E-state index contributed by atoms with van der Waals surface area (Å²) in [5.74, 6) is -1.13. The Bertz CT molecular complexity index is 1790. The minimum atomic E-state index is -0.928. The van der Waals surface area contributed by atoms with Gasteiger partial charge in [-0.25, -0.2) is 14.4 Å².